The molecule has 0 spiro atoms. The number of benzene rings is 3. The van der Waals surface area contributed by atoms with Crippen molar-refractivity contribution in [2.45, 2.75) is 0 Å². The van der Waals surface area contributed by atoms with Crippen LogP contribution in [0.15, 0.2) is 79.1 Å². The molecule has 6 nitrogen and oxygen atoms in total. The van der Waals surface area contributed by atoms with Crippen LogP contribution < -0.4 is 10.1 Å². The van der Waals surface area contributed by atoms with Gasteiger partial charge in [-0.3, -0.25) is 14.7 Å². The standard InChI is InChI=1S/C20H16N4O2/c25-19(13-26-18-11-10-15-6-4-5-7-16(15)12-18)22-20-23-21-14-24(20)17-8-2-1-3-9-17/h1-12,14H,13H2,(H,22,23,25). The summed E-state index contributed by atoms with van der Waals surface area (Å²) in [5.41, 5.74) is 0.864. The van der Waals surface area contributed by atoms with Gasteiger partial charge in [0.05, 0.1) is 5.69 Å². The van der Waals surface area contributed by atoms with Crippen LogP contribution in [0.3, 0.4) is 0 Å². The number of anilines is 1. The molecule has 0 aliphatic heterocycles. The highest BCUT2D eigenvalue weighted by Crippen LogP contribution is 2.20. The number of ether oxygens (including phenoxy) is 1. The van der Waals surface area contributed by atoms with Crippen LogP contribution in [0.5, 0.6) is 5.75 Å². The first kappa shape index (κ1) is 15.8. The molecule has 1 N–H and O–H groups in total. The van der Waals surface area contributed by atoms with Crippen molar-refractivity contribution in [1.82, 2.24) is 14.8 Å². The first-order chi connectivity index (χ1) is 12.8. The zero-order valence-electron chi connectivity index (χ0n) is 13.9. The lowest BCUT2D eigenvalue weighted by Gasteiger charge is -2.09. The van der Waals surface area contributed by atoms with E-state index in [1.54, 1.807) is 10.9 Å². The van der Waals surface area contributed by atoms with Crippen LogP contribution in [0, 0.1) is 0 Å². The van der Waals surface area contributed by atoms with E-state index in [1.807, 2.05) is 72.8 Å². The van der Waals surface area contributed by atoms with Crippen molar-refractivity contribution < 1.29 is 9.53 Å². The summed E-state index contributed by atoms with van der Waals surface area (Å²) >= 11 is 0. The van der Waals surface area contributed by atoms with E-state index in [0.29, 0.717) is 11.7 Å². The maximum absolute atomic E-state index is 12.2. The first-order valence-electron chi connectivity index (χ1n) is 8.16. The zero-order valence-corrected chi connectivity index (χ0v) is 13.9. The Bertz CT molecular complexity index is 1040. The molecule has 0 bridgehead atoms. The molecule has 0 aliphatic carbocycles. The quantitative estimate of drug-likeness (QED) is 0.602. The smallest absolute Gasteiger partial charge is 0.264 e. The number of nitrogens with one attached hydrogen (secondary N) is 1. The molecule has 0 radical (unpaired) electrons. The Labute approximate surface area is 150 Å². The molecule has 128 valence electrons. The Balaban J connectivity index is 1.42. The number of carbonyl (C=O) groups is 1. The Morgan fingerprint density at radius 3 is 2.58 bits per heavy atom. The normalized spacial score (nSPS) is 10.6. The summed E-state index contributed by atoms with van der Waals surface area (Å²) in [6.07, 6.45) is 1.55. The monoisotopic (exact) mass is 344 g/mol. The molecule has 0 atom stereocenters. The molecule has 26 heavy (non-hydrogen) atoms. The Morgan fingerprint density at radius 1 is 0.962 bits per heavy atom. The average Bonchev–Trinajstić information content (AvgIpc) is 3.15. The number of para-hydroxylation sites is 1. The summed E-state index contributed by atoms with van der Waals surface area (Å²) in [4.78, 5) is 12.2. The van der Waals surface area contributed by atoms with Gasteiger partial charge in [0.1, 0.15) is 12.1 Å². The molecule has 0 saturated heterocycles. The molecule has 0 unspecified atom stereocenters. The van der Waals surface area contributed by atoms with Gasteiger partial charge in [-0.2, -0.15) is 0 Å². The highest BCUT2D eigenvalue weighted by Gasteiger charge is 2.11. The fraction of sp³-hybridized carbons (Fsp3) is 0.0500. The van der Waals surface area contributed by atoms with Gasteiger partial charge in [0.25, 0.3) is 5.91 Å². The fourth-order valence-corrected chi connectivity index (χ4v) is 2.66. The van der Waals surface area contributed by atoms with Gasteiger partial charge in [0.2, 0.25) is 5.95 Å². The van der Waals surface area contributed by atoms with Gasteiger partial charge in [-0.05, 0) is 35.0 Å². The summed E-state index contributed by atoms with van der Waals surface area (Å²) in [5.74, 6) is 0.690. The van der Waals surface area contributed by atoms with Crippen molar-refractivity contribution in [2.24, 2.45) is 0 Å². The van der Waals surface area contributed by atoms with E-state index in [2.05, 4.69) is 15.5 Å². The number of rotatable bonds is 5. The van der Waals surface area contributed by atoms with Crippen LogP contribution in [0.25, 0.3) is 16.5 Å². The minimum atomic E-state index is -0.302. The average molecular weight is 344 g/mol. The second kappa shape index (κ2) is 7.06. The Hall–Kier alpha value is -3.67. The molecule has 1 amide bonds. The molecule has 1 aromatic heterocycles. The van der Waals surface area contributed by atoms with E-state index in [1.165, 1.54) is 0 Å². The van der Waals surface area contributed by atoms with E-state index in [9.17, 15) is 4.79 Å². The fourth-order valence-electron chi connectivity index (χ4n) is 2.66. The summed E-state index contributed by atoms with van der Waals surface area (Å²) in [5, 5.41) is 12.7. The number of amides is 1. The molecular weight excluding hydrogens is 328 g/mol. The van der Waals surface area contributed by atoms with Crippen LogP contribution >= 0.6 is 0 Å². The minimum absolute atomic E-state index is 0.111. The Kier molecular flexibility index (Phi) is 4.30. The molecule has 0 aliphatic rings. The number of hydrogen-bond acceptors (Lipinski definition) is 4. The SMILES string of the molecule is O=C(COc1ccc2ccccc2c1)Nc1nncn1-c1ccccc1. The van der Waals surface area contributed by atoms with Crippen LogP contribution in [0.2, 0.25) is 0 Å². The van der Waals surface area contributed by atoms with Crippen LogP contribution in [0.1, 0.15) is 0 Å². The second-order valence-corrected chi connectivity index (χ2v) is 5.71. The molecular formula is C20H16N4O2. The van der Waals surface area contributed by atoms with Gasteiger partial charge >= 0.3 is 0 Å². The summed E-state index contributed by atoms with van der Waals surface area (Å²) in [7, 11) is 0. The van der Waals surface area contributed by atoms with Crippen LogP contribution in [0.4, 0.5) is 5.95 Å². The lowest BCUT2D eigenvalue weighted by molar-refractivity contribution is -0.118. The largest absolute Gasteiger partial charge is 0.484 e. The van der Waals surface area contributed by atoms with Crippen molar-refractivity contribution in [1.29, 1.82) is 0 Å². The highest BCUT2D eigenvalue weighted by atomic mass is 16.5. The summed E-state index contributed by atoms with van der Waals surface area (Å²) in [6, 6.07) is 23.3. The van der Waals surface area contributed by atoms with Crippen molar-refractivity contribution >= 4 is 22.6 Å². The van der Waals surface area contributed by atoms with E-state index >= 15 is 0 Å². The van der Waals surface area contributed by atoms with Crippen molar-refractivity contribution in [3.8, 4) is 11.4 Å². The van der Waals surface area contributed by atoms with Gasteiger partial charge in [-0.1, -0.05) is 48.5 Å². The molecule has 6 heteroatoms. The van der Waals surface area contributed by atoms with Crippen molar-refractivity contribution in [3.05, 3.63) is 79.1 Å². The van der Waals surface area contributed by atoms with Crippen molar-refractivity contribution in [3.63, 3.8) is 0 Å². The maximum Gasteiger partial charge on any atom is 0.264 e. The number of hydrogen-bond donors (Lipinski definition) is 1. The third-order valence-corrected chi connectivity index (χ3v) is 3.92. The van der Waals surface area contributed by atoms with Crippen molar-refractivity contribution in [2.75, 3.05) is 11.9 Å². The minimum Gasteiger partial charge on any atom is -0.484 e. The van der Waals surface area contributed by atoms with Gasteiger partial charge in [0.15, 0.2) is 6.61 Å². The number of carbonyl (C=O) groups excluding carboxylic acids is 1. The van der Waals surface area contributed by atoms with Crippen LogP contribution in [-0.2, 0) is 4.79 Å². The van der Waals surface area contributed by atoms with E-state index < -0.39 is 0 Å². The topological polar surface area (TPSA) is 69.0 Å². The van der Waals surface area contributed by atoms with Gasteiger partial charge in [-0.25, -0.2) is 0 Å². The van der Waals surface area contributed by atoms with Crippen LogP contribution in [-0.4, -0.2) is 27.3 Å². The number of fused-ring (bicyclic) bond motifs is 1. The first-order valence-corrected chi connectivity index (χ1v) is 8.16. The third-order valence-electron chi connectivity index (χ3n) is 3.92. The molecule has 4 rings (SSSR count). The molecule has 1 heterocycles. The number of nitrogens with zero attached hydrogens (tertiary/aromatic N) is 3. The lowest BCUT2D eigenvalue weighted by Crippen LogP contribution is -2.22. The van der Waals surface area contributed by atoms with E-state index in [4.69, 9.17) is 4.74 Å². The van der Waals surface area contributed by atoms with Gasteiger partial charge < -0.3 is 4.74 Å². The lowest BCUT2D eigenvalue weighted by atomic mass is 10.1. The Morgan fingerprint density at radius 2 is 1.73 bits per heavy atom. The van der Waals surface area contributed by atoms with Gasteiger partial charge in [-0.15, -0.1) is 10.2 Å². The maximum atomic E-state index is 12.2. The molecule has 3 aromatic carbocycles. The third kappa shape index (κ3) is 3.39. The zero-order chi connectivity index (χ0) is 17.8. The predicted molar refractivity (Wildman–Crippen MR) is 99.4 cm³/mol. The summed E-state index contributed by atoms with van der Waals surface area (Å²) < 4.78 is 7.30. The van der Waals surface area contributed by atoms with Gasteiger partial charge in [0, 0.05) is 0 Å². The van der Waals surface area contributed by atoms with E-state index in [0.717, 1.165) is 16.5 Å². The molecule has 0 saturated carbocycles. The summed E-state index contributed by atoms with van der Waals surface area (Å²) in [6.45, 7) is -0.111. The molecule has 4 aromatic rings. The highest BCUT2D eigenvalue weighted by molar-refractivity contribution is 5.90. The predicted octanol–water partition coefficient (Wildman–Crippen LogP) is 3.44. The van der Waals surface area contributed by atoms with E-state index in [-0.39, 0.29) is 12.5 Å². The second-order valence-electron chi connectivity index (χ2n) is 5.71. The molecule has 0 fully saturated rings. The number of aromatic nitrogens is 3.